The summed E-state index contributed by atoms with van der Waals surface area (Å²) in [5, 5.41) is 8.05. The van der Waals surface area contributed by atoms with E-state index in [1.807, 2.05) is 30.7 Å². The summed E-state index contributed by atoms with van der Waals surface area (Å²) in [6.07, 6.45) is 1.71. The smallest absolute Gasteiger partial charge is 0.253 e. The molecule has 8 nitrogen and oxygen atoms in total. The minimum atomic E-state index is -3.46. The number of nitrogens with one attached hydrogen (secondary N) is 2. The second-order valence-electron chi connectivity index (χ2n) is 8.20. The van der Waals surface area contributed by atoms with Crippen LogP contribution in [0.25, 0.3) is 11.0 Å². The van der Waals surface area contributed by atoms with Gasteiger partial charge in [0.2, 0.25) is 10.0 Å². The number of pyridine rings is 1. The zero-order valence-corrected chi connectivity index (χ0v) is 19.3. The van der Waals surface area contributed by atoms with Crippen LogP contribution in [0.3, 0.4) is 0 Å². The fourth-order valence-corrected chi connectivity index (χ4v) is 4.91. The number of amides is 1. The molecule has 31 heavy (non-hydrogen) atoms. The second-order valence-corrected chi connectivity index (χ2v) is 9.95. The van der Waals surface area contributed by atoms with Gasteiger partial charge in [-0.25, -0.2) is 22.8 Å². The highest BCUT2D eigenvalue weighted by Crippen LogP contribution is 2.20. The molecule has 0 fully saturated rings. The molecule has 3 rings (SSSR count). The first-order chi connectivity index (χ1) is 14.6. The molecule has 0 aliphatic rings. The second kappa shape index (κ2) is 9.15. The molecule has 166 valence electrons. The average Bonchev–Trinajstić information content (AvgIpc) is 3.08. The zero-order chi connectivity index (χ0) is 22.8. The molecule has 0 spiro atoms. The van der Waals surface area contributed by atoms with Crippen molar-refractivity contribution in [2.24, 2.45) is 0 Å². The van der Waals surface area contributed by atoms with Crippen LogP contribution in [0, 0.1) is 6.92 Å². The van der Waals surface area contributed by atoms with E-state index in [4.69, 9.17) is 0 Å². The molecule has 2 aromatic heterocycles. The molecule has 0 aliphatic heterocycles. The molecule has 0 aliphatic carbocycles. The van der Waals surface area contributed by atoms with Crippen molar-refractivity contribution in [3.63, 3.8) is 0 Å². The van der Waals surface area contributed by atoms with Crippen LogP contribution in [0.4, 0.5) is 0 Å². The monoisotopic (exact) mass is 443 g/mol. The molecule has 1 aromatic carbocycles. The largest absolute Gasteiger partial charge is 0.348 e. The van der Waals surface area contributed by atoms with Gasteiger partial charge >= 0.3 is 0 Å². The molecule has 0 saturated heterocycles. The van der Waals surface area contributed by atoms with Crippen LogP contribution >= 0.6 is 0 Å². The summed E-state index contributed by atoms with van der Waals surface area (Å²) in [6, 6.07) is 8.99. The highest BCUT2D eigenvalue weighted by atomic mass is 32.2. The Morgan fingerprint density at radius 3 is 2.45 bits per heavy atom. The summed E-state index contributed by atoms with van der Waals surface area (Å²) in [7, 11) is -3.46. The Morgan fingerprint density at radius 2 is 1.81 bits per heavy atom. The van der Waals surface area contributed by atoms with Crippen LogP contribution in [0.15, 0.2) is 36.5 Å². The Balaban J connectivity index is 1.78. The maximum Gasteiger partial charge on any atom is 0.253 e. The summed E-state index contributed by atoms with van der Waals surface area (Å²) in [5.74, 6) is -0.403. The number of sulfonamides is 1. The number of benzene rings is 1. The summed E-state index contributed by atoms with van der Waals surface area (Å²) < 4.78 is 29.1. The van der Waals surface area contributed by atoms with E-state index in [9.17, 15) is 13.2 Å². The van der Waals surface area contributed by atoms with Crippen LogP contribution in [-0.2, 0) is 22.3 Å². The fourth-order valence-electron chi connectivity index (χ4n) is 3.42. The quantitative estimate of drug-likeness (QED) is 0.557. The van der Waals surface area contributed by atoms with Crippen LogP contribution in [0.5, 0.6) is 0 Å². The number of hydrogen-bond donors (Lipinski definition) is 2. The molecular weight excluding hydrogens is 414 g/mol. The molecule has 3 aromatic rings. The molecule has 0 unspecified atom stereocenters. The molecule has 9 heteroatoms. The van der Waals surface area contributed by atoms with E-state index >= 15 is 0 Å². The Morgan fingerprint density at radius 1 is 1.13 bits per heavy atom. The zero-order valence-electron chi connectivity index (χ0n) is 18.5. The standard InChI is InChI=1S/C22H29N5O3S/c1-14(2)26-31(29,30)13-18-9-7-6-8-17(18)11-23-22(28)20-10-19-12-24-27(15(3)4)21(19)25-16(20)5/h6-10,12,14-15,26H,11,13H2,1-5H3,(H,23,28). The Hall–Kier alpha value is -2.78. The van der Waals surface area contributed by atoms with Gasteiger partial charge in [0.25, 0.3) is 5.91 Å². The summed E-state index contributed by atoms with van der Waals surface area (Å²) >= 11 is 0. The minimum Gasteiger partial charge on any atom is -0.348 e. The van der Waals surface area contributed by atoms with E-state index in [1.54, 1.807) is 45.2 Å². The van der Waals surface area contributed by atoms with Crippen molar-refractivity contribution in [1.29, 1.82) is 0 Å². The van der Waals surface area contributed by atoms with E-state index in [0.29, 0.717) is 16.8 Å². The van der Waals surface area contributed by atoms with E-state index in [2.05, 4.69) is 20.1 Å². The number of rotatable bonds is 8. The number of carbonyl (C=O) groups excluding carboxylic acids is 1. The van der Waals surface area contributed by atoms with Crippen LogP contribution in [0.2, 0.25) is 0 Å². The third-order valence-electron chi connectivity index (χ3n) is 4.81. The van der Waals surface area contributed by atoms with Gasteiger partial charge in [-0.15, -0.1) is 0 Å². The first-order valence-corrected chi connectivity index (χ1v) is 11.9. The summed E-state index contributed by atoms with van der Waals surface area (Å²) in [6.45, 7) is 9.62. The third-order valence-corrected chi connectivity index (χ3v) is 6.33. The van der Waals surface area contributed by atoms with Crippen molar-refractivity contribution in [2.75, 3.05) is 0 Å². The topological polar surface area (TPSA) is 106 Å². The predicted molar refractivity (Wildman–Crippen MR) is 121 cm³/mol. The van der Waals surface area contributed by atoms with Gasteiger partial charge in [-0.3, -0.25) is 4.79 Å². The van der Waals surface area contributed by atoms with Crippen molar-refractivity contribution < 1.29 is 13.2 Å². The highest BCUT2D eigenvalue weighted by molar-refractivity contribution is 7.88. The van der Waals surface area contributed by atoms with E-state index in [-0.39, 0.29) is 30.3 Å². The van der Waals surface area contributed by atoms with Gasteiger partial charge in [-0.2, -0.15) is 5.10 Å². The fraction of sp³-hybridized carbons (Fsp3) is 0.409. The van der Waals surface area contributed by atoms with Gasteiger partial charge in [0.05, 0.1) is 23.2 Å². The lowest BCUT2D eigenvalue weighted by Crippen LogP contribution is -2.32. The van der Waals surface area contributed by atoms with Crippen molar-refractivity contribution in [1.82, 2.24) is 24.8 Å². The van der Waals surface area contributed by atoms with E-state index in [0.717, 1.165) is 16.6 Å². The molecule has 0 bridgehead atoms. The van der Waals surface area contributed by atoms with E-state index in [1.165, 1.54) is 0 Å². The van der Waals surface area contributed by atoms with Gasteiger partial charge in [-0.1, -0.05) is 24.3 Å². The molecule has 2 heterocycles. The highest BCUT2D eigenvalue weighted by Gasteiger charge is 2.18. The van der Waals surface area contributed by atoms with Gasteiger partial charge in [0, 0.05) is 24.0 Å². The molecule has 0 radical (unpaired) electrons. The maximum atomic E-state index is 12.9. The Kier molecular flexibility index (Phi) is 6.76. The molecule has 1 amide bonds. The number of aryl methyl sites for hydroxylation is 1. The number of aromatic nitrogens is 3. The van der Waals surface area contributed by atoms with Crippen LogP contribution < -0.4 is 10.0 Å². The lowest BCUT2D eigenvalue weighted by atomic mass is 10.1. The third kappa shape index (κ3) is 5.48. The lowest BCUT2D eigenvalue weighted by molar-refractivity contribution is 0.0950. The number of nitrogens with zero attached hydrogens (tertiary/aromatic N) is 3. The number of carbonyl (C=O) groups is 1. The molecule has 2 N–H and O–H groups in total. The predicted octanol–water partition coefficient (Wildman–Crippen LogP) is 3.08. The normalized spacial score (nSPS) is 12.1. The van der Waals surface area contributed by atoms with E-state index < -0.39 is 10.0 Å². The molecule has 0 atom stereocenters. The first-order valence-electron chi connectivity index (χ1n) is 10.3. The van der Waals surface area contributed by atoms with Crippen LogP contribution in [0.1, 0.15) is 60.9 Å². The maximum absolute atomic E-state index is 12.9. The molecular formula is C22H29N5O3S. The van der Waals surface area contributed by atoms with Crippen molar-refractivity contribution in [2.45, 2.75) is 59.0 Å². The summed E-state index contributed by atoms with van der Waals surface area (Å²) in [5.41, 5.74) is 3.24. The van der Waals surface area contributed by atoms with Gasteiger partial charge in [-0.05, 0) is 51.8 Å². The first kappa shape index (κ1) is 22.9. The lowest BCUT2D eigenvalue weighted by Gasteiger charge is -2.14. The van der Waals surface area contributed by atoms with Crippen LogP contribution in [-0.4, -0.2) is 35.1 Å². The van der Waals surface area contributed by atoms with Gasteiger partial charge in [0.15, 0.2) is 5.65 Å². The Bertz CT molecular complexity index is 1200. The molecule has 0 saturated carbocycles. The average molecular weight is 444 g/mol. The number of fused-ring (bicyclic) bond motifs is 1. The van der Waals surface area contributed by atoms with Gasteiger partial charge < -0.3 is 5.32 Å². The number of hydrogen-bond acceptors (Lipinski definition) is 5. The Labute approximate surface area is 183 Å². The minimum absolute atomic E-state index is 0.141. The summed E-state index contributed by atoms with van der Waals surface area (Å²) in [4.78, 5) is 17.4. The van der Waals surface area contributed by atoms with Crippen molar-refractivity contribution in [3.05, 3.63) is 58.9 Å². The van der Waals surface area contributed by atoms with Gasteiger partial charge in [0.1, 0.15) is 0 Å². The van der Waals surface area contributed by atoms with Crippen molar-refractivity contribution >= 4 is 27.0 Å². The SMILES string of the molecule is Cc1nc2c(cnn2C(C)C)cc1C(=O)NCc1ccccc1CS(=O)(=O)NC(C)C. The van der Waals surface area contributed by atoms with Crippen molar-refractivity contribution in [3.8, 4) is 0 Å².